The van der Waals surface area contributed by atoms with Crippen LogP contribution in [0.3, 0.4) is 0 Å². The molecule has 0 saturated heterocycles. The Morgan fingerprint density at radius 1 is 0.850 bits per heavy atom. The third-order valence-electron chi connectivity index (χ3n) is 2.69. The number of hydrogen-bond acceptors (Lipinski definition) is 2. The molecular weight excluding hydrogens is 262 g/mol. The van der Waals surface area contributed by atoms with Gasteiger partial charge in [-0.3, -0.25) is 0 Å². The molecule has 0 saturated carbocycles. The maximum absolute atomic E-state index is 8.74. The molecule has 98 valence electrons. The van der Waals surface area contributed by atoms with Crippen molar-refractivity contribution in [3.05, 3.63) is 65.2 Å². The van der Waals surface area contributed by atoms with E-state index < -0.39 is 0 Å². The van der Waals surface area contributed by atoms with E-state index in [9.17, 15) is 0 Å². The van der Waals surface area contributed by atoms with E-state index in [1.165, 1.54) is 11.3 Å². The molecule has 20 heavy (non-hydrogen) atoms. The van der Waals surface area contributed by atoms with Gasteiger partial charge in [-0.25, -0.2) is 0 Å². The van der Waals surface area contributed by atoms with Gasteiger partial charge in [0.2, 0.25) is 0 Å². The Bertz CT molecular complexity index is 652. The first-order valence-corrected chi connectivity index (χ1v) is 7.55. The van der Waals surface area contributed by atoms with E-state index in [2.05, 4.69) is 49.1 Å². The molecule has 2 heteroatoms. The van der Waals surface area contributed by atoms with Crippen LogP contribution in [-0.4, -0.2) is 5.75 Å². The van der Waals surface area contributed by atoms with Gasteiger partial charge in [0.05, 0.1) is 11.6 Å². The van der Waals surface area contributed by atoms with Crippen LogP contribution >= 0.6 is 11.8 Å². The summed E-state index contributed by atoms with van der Waals surface area (Å²) in [5, 5.41) is 8.74. The highest BCUT2D eigenvalue weighted by Crippen LogP contribution is 2.18. The van der Waals surface area contributed by atoms with E-state index in [1.807, 2.05) is 23.9 Å². The van der Waals surface area contributed by atoms with Crippen molar-refractivity contribution in [3.63, 3.8) is 0 Å². The van der Waals surface area contributed by atoms with Crippen LogP contribution in [0.25, 0.3) is 0 Å². The third kappa shape index (κ3) is 4.19. The first-order valence-electron chi connectivity index (χ1n) is 6.57. The summed E-state index contributed by atoms with van der Waals surface area (Å²) < 4.78 is 0. The fourth-order valence-corrected chi connectivity index (χ4v) is 2.40. The minimum absolute atomic E-state index is 0.660. The summed E-state index contributed by atoms with van der Waals surface area (Å²) in [5.41, 5.74) is 2.59. The van der Waals surface area contributed by atoms with Gasteiger partial charge in [-0.1, -0.05) is 18.8 Å². The molecular formula is C18H15NS. The molecule has 0 radical (unpaired) electrons. The minimum atomic E-state index is 0.660. The molecule has 2 aromatic carbocycles. The maximum Gasteiger partial charge on any atom is 0.0991 e. The van der Waals surface area contributed by atoms with Crippen LogP contribution in [0.4, 0.5) is 0 Å². The van der Waals surface area contributed by atoms with Crippen molar-refractivity contribution >= 4 is 11.8 Å². The minimum Gasteiger partial charge on any atom is -0.192 e. The Kier molecular flexibility index (Phi) is 5.30. The zero-order valence-electron chi connectivity index (χ0n) is 11.4. The van der Waals surface area contributed by atoms with Crippen molar-refractivity contribution in [2.45, 2.75) is 18.2 Å². The Hall–Kier alpha value is -2.16. The van der Waals surface area contributed by atoms with Crippen molar-refractivity contribution in [1.29, 1.82) is 5.26 Å². The second kappa shape index (κ2) is 7.43. The van der Waals surface area contributed by atoms with Gasteiger partial charge < -0.3 is 0 Å². The Morgan fingerprint density at radius 3 is 1.85 bits per heavy atom. The molecule has 1 nitrogen and oxygen atoms in total. The van der Waals surface area contributed by atoms with Crippen LogP contribution in [0, 0.1) is 23.2 Å². The van der Waals surface area contributed by atoms with Gasteiger partial charge in [-0.15, -0.1) is 11.8 Å². The second-order valence-electron chi connectivity index (χ2n) is 4.31. The van der Waals surface area contributed by atoms with Gasteiger partial charge in [0, 0.05) is 16.0 Å². The summed E-state index contributed by atoms with van der Waals surface area (Å²) in [7, 11) is 0. The highest BCUT2D eigenvalue weighted by atomic mass is 32.2. The molecule has 2 rings (SSSR count). The van der Waals surface area contributed by atoms with E-state index >= 15 is 0 Å². The quantitative estimate of drug-likeness (QED) is 0.611. The molecule has 2 aromatic rings. The summed E-state index contributed by atoms with van der Waals surface area (Å²) in [6, 6.07) is 17.7. The van der Waals surface area contributed by atoms with Crippen molar-refractivity contribution in [3.8, 4) is 17.9 Å². The van der Waals surface area contributed by atoms with E-state index in [0.29, 0.717) is 5.56 Å². The molecule has 0 unspecified atom stereocenters. The number of hydrogen-bond donors (Lipinski definition) is 0. The first kappa shape index (κ1) is 14.3. The number of nitriles is 1. The number of rotatable bonds is 3. The summed E-state index contributed by atoms with van der Waals surface area (Å²) in [4.78, 5) is 1.29. The van der Waals surface area contributed by atoms with Gasteiger partial charge in [0.1, 0.15) is 0 Å². The largest absolute Gasteiger partial charge is 0.192 e. The molecule has 0 bridgehead atoms. The van der Waals surface area contributed by atoms with Crippen LogP contribution < -0.4 is 0 Å². The predicted octanol–water partition coefficient (Wildman–Crippen LogP) is 4.46. The van der Waals surface area contributed by atoms with Crippen LogP contribution in [0.5, 0.6) is 0 Å². The molecule has 0 heterocycles. The average molecular weight is 277 g/mol. The van der Waals surface area contributed by atoms with E-state index in [1.54, 1.807) is 12.1 Å². The summed E-state index contributed by atoms with van der Waals surface area (Å²) in [6.07, 6.45) is 1.19. The smallest absolute Gasteiger partial charge is 0.0991 e. The average Bonchev–Trinajstić information content (AvgIpc) is 2.52. The predicted molar refractivity (Wildman–Crippen MR) is 84.6 cm³/mol. The standard InChI is InChI=1S/C18H15NS/c1-2-13-20-18-11-9-16(10-12-18)4-3-15-5-7-17(14-19)8-6-15/h5-12H,2,13H2,1H3. The monoisotopic (exact) mass is 277 g/mol. The second-order valence-corrected chi connectivity index (χ2v) is 5.48. The highest BCUT2D eigenvalue weighted by molar-refractivity contribution is 7.99. The molecule has 0 atom stereocenters. The van der Waals surface area contributed by atoms with E-state index in [0.717, 1.165) is 16.9 Å². The summed E-state index contributed by atoms with van der Waals surface area (Å²) >= 11 is 1.87. The van der Waals surface area contributed by atoms with E-state index in [4.69, 9.17) is 5.26 Å². The topological polar surface area (TPSA) is 23.8 Å². The van der Waals surface area contributed by atoms with Gasteiger partial charge >= 0.3 is 0 Å². The SMILES string of the molecule is CCCSc1ccc(C#Cc2ccc(C#N)cc2)cc1. The molecule has 0 N–H and O–H groups in total. The molecule has 0 aliphatic carbocycles. The van der Waals surface area contributed by atoms with Gasteiger partial charge in [-0.05, 0) is 60.7 Å². The molecule has 0 spiro atoms. The number of nitrogens with zero attached hydrogens (tertiary/aromatic N) is 1. The lowest BCUT2D eigenvalue weighted by molar-refractivity contribution is 1.10. The van der Waals surface area contributed by atoms with Crippen molar-refractivity contribution < 1.29 is 0 Å². The van der Waals surface area contributed by atoms with Crippen LogP contribution in [0.15, 0.2) is 53.4 Å². The number of benzene rings is 2. The van der Waals surface area contributed by atoms with Gasteiger partial charge in [0.25, 0.3) is 0 Å². The third-order valence-corrected chi connectivity index (χ3v) is 3.91. The van der Waals surface area contributed by atoms with Gasteiger partial charge in [0.15, 0.2) is 0 Å². The van der Waals surface area contributed by atoms with Crippen molar-refractivity contribution in [2.75, 3.05) is 5.75 Å². The lowest BCUT2D eigenvalue weighted by Crippen LogP contribution is -1.79. The van der Waals surface area contributed by atoms with Crippen LogP contribution in [0.2, 0.25) is 0 Å². The molecule has 0 aliphatic rings. The number of thioether (sulfide) groups is 1. The highest BCUT2D eigenvalue weighted by Gasteiger charge is 1.93. The summed E-state index contributed by atoms with van der Waals surface area (Å²) in [5.74, 6) is 7.40. The molecule has 0 aromatic heterocycles. The lowest BCUT2D eigenvalue weighted by atomic mass is 10.1. The normalized spacial score (nSPS) is 9.40. The van der Waals surface area contributed by atoms with Crippen molar-refractivity contribution in [1.82, 2.24) is 0 Å². The van der Waals surface area contributed by atoms with Crippen LogP contribution in [0.1, 0.15) is 30.0 Å². The molecule has 0 aliphatic heterocycles. The first-order chi connectivity index (χ1) is 9.81. The molecule has 0 amide bonds. The van der Waals surface area contributed by atoms with Crippen LogP contribution in [-0.2, 0) is 0 Å². The van der Waals surface area contributed by atoms with E-state index in [-0.39, 0.29) is 0 Å². The molecule has 0 fully saturated rings. The van der Waals surface area contributed by atoms with Crippen molar-refractivity contribution in [2.24, 2.45) is 0 Å². The Labute approximate surface area is 124 Å². The Morgan fingerprint density at radius 2 is 1.35 bits per heavy atom. The zero-order valence-corrected chi connectivity index (χ0v) is 12.2. The summed E-state index contributed by atoms with van der Waals surface area (Å²) in [6.45, 7) is 2.18. The van der Waals surface area contributed by atoms with Gasteiger partial charge in [-0.2, -0.15) is 5.26 Å². The fraction of sp³-hybridized carbons (Fsp3) is 0.167. The maximum atomic E-state index is 8.74. The zero-order chi connectivity index (χ0) is 14.2. The Balaban J connectivity index is 2.06. The fourth-order valence-electron chi connectivity index (χ4n) is 1.63. The lowest BCUT2D eigenvalue weighted by Gasteiger charge is -1.99.